The van der Waals surface area contributed by atoms with E-state index >= 15 is 0 Å². The van der Waals surface area contributed by atoms with E-state index in [9.17, 15) is 9.59 Å². The SMILES string of the molecule is CCC1(C)NC(=O)C(C)N(c2cc(C)ccc2OC)C1=O. The summed E-state index contributed by atoms with van der Waals surface area (Å²) in [6.45, 7) is 7.32. The van der Waals surface area contributed by atoms with Crippen LogP contribution >= 0.6 is 0 Å². The predicted octanol–water partition coefficient (Wildman–Crippen LogP) is 2.02. The quantitative estimate of drug-likeness (QED) is 0.926. The van der Waals surface area contributed by atoms with Gasteiger partial charge in [0.15, 0.2) is 0 Å². The van der Waals surface area contributed by atoms with Crippen LogP contribution in [0.15, 0.2) is 18.2 Å². The van der Waals surface area contributed by atoms with E-state index < -0.39 is 11.6 Å². The van der Waals surface area contributed by atoms with Crippen molar-refractivity contribution >= 4 is 17.5 Å². The Hall–Kier alpha value is -2.04. The first-order valence-corrected chi connectivity index (χ1v) is 7.14. The second-order valence-corrected chi connectivity index (χ2v) is 5.70. The topological polar surface area (TPSA) is 58.6 Å². The number of anilines is 1. The van der Waals surface area contributed by atoms with E-state index in [2.05, 4.69) is 5.32 Å². The Kier molecular flexibility index (Phi) is 3.94. The molecular formula is C16H22N2O3. The van der Waals surface area contributed by atoms with Crippen LogP contribution in [0, 0.1) is 6.92 Å². The number of hydrogen-bond donors (Lipinski definition) is 1. The number of rotatable bonds is 3. The average molecular weight is 290 g/mol. The summed E-state index contributed by atoms with van der Waals surface area (Å²) in [6.07, 6.45) is 0.537. The van der Waals surface area contributed by atoms with Crippen molar-refractivity contribution in [2.75, 3.05) is 12.0 Å². The fourth-order valence-electron chi connectivity index (χ4n) is 2.53. The second-order valence-electron chi connectivity index (χ2n) is 5.70. The lowest BCUT2D eigenvalue weighted by Crippen LogP contribution is -2.68. The Bertz CT molecular complexity index is 585. The number of amides is 2. The van der Waals surface area contributed by atoms with Crippen molar-refractivity contribution in [3.63, 3.8) is 0 Å². The third-order valence-corrected chi connectivity index (χ3v) is 4.16. The molecule has 114 valence electrons. The fourth-order valence-corrected chi connectivity index (χ4v) is 2.53. The van der Waals surface area contributed by atoms with Crippen molar-refractivity contribution in [3.8, 4) is 5.75 Å². The summed E-state index contributed by atoms with van der Waals surface area (Å²) in [5.41, 5.74) is 0.776. The molecule has 2 atom stereocenters. The number of methoxy groups -OCH3 is 1. The molecule has 0 aromatic heterocycles. The van der Waals surface area contributed by atoms with Gasteiger partial charge in [0.1, 0.15) is 17.3 Å². The van der Waals surface area contributed by atoms with E-state index in [-0.39, 0.29) is 11.8 Å². The van der Waals surface area contributed by atoms with Gasteiger partial charge in [-0.15, -0.1) is 0 Å². The number of nitrogens with zero attached hydrogens (tertiary/aromatic N) is 1. The molecule has 2 rings (SSSR count). The monoisotopic (exact) mass is 290 g/mol. The van der Waals surface area contributed by atoms with Crippen LogP contribution in [-0.2, 0) is 9.59 Å². The Balaban J connectivity index is 2.56. The van der Waals surface area contributed by atoms with Crippen LogP contribution in [0.3, 0.4) is 0 Å². The molecule has 1 aromatic rings. The minimum atomic E-state index is -0.877. The number of nitrogens with one attached hydrogen (secondary N) is 1. The summed E-state index contributed by atoms with van der Waals surface area (Å²) in [4.78, 5) is 26.7. The summed E-state index contributed by atoms with van der Waals surface area (Å²) >= 11 is 0. The first-order valence-electron chi connectivity index (χ1n) is 7.14. The zero-order valence-electron chi connectivity index (χ0n) is 13.2. The van der Waals surface area contributed by atoms with Gasteiger partial charge in [-0.25, -0.2) is 0 Å². The van der Waals surface area contributed by atoms with Gasteiger partial charge >= 0.3 is 0 Å². The highest BCUT2D eigenvalue weighted by atomic mass is 16.5. The van der Waals surface area contributed by atoms with E-state index in [4.69, 9.17) is 4.74 Å². The molecule has 5 nitrogen and oxygen atoms in total. The molecule has 0 aliphatic carbocycles. The lowest BCUT2D eigenvalue weighted by atomic mass is 9.91. The molecular weight excluding hydrogens is 268 g/mol. The maximum Gasteiger partial charge on any atom is 0.253 e. The zero-order valence-corrected chi connectivity index (χ0v) is 13.2. The molecule has 5 heteroatoms. The summed E-state index contributed by atoms with van der Waals surface area (Å²) in [5.74, 6) is 0.331. The van der Waals surface area contributed by atoms with Crippen LogP contribution in [-0.4, -0.2) is 30.5 Å². The molecule has 0 bridgehead atoms. The Morgan fingerprint density at radius 2 is 2.05 bits per heavy atom. The summed E-state index contributed by atoms with van der Waals surface area (Å²) in [5, 5.41) is 2.82. The highest BCUT2D eigenvalue weighted by Gasteiger charge is 2.46. The van der Waals surface area contributed by atoms with Crippen LogP contribution in [0.4, 0.5) is 5.69 Å². The number of aryl methyl sites for hydroxylation is 1. The molecule has 2 unspecified atom stereocenters. The number of benzene rings is 1. The van der Waals surface area contributed by atoms with Crippen LogP contribution in [0.1, 0.15) is 32.8 Å². The predicted molar refractivity (Wildman–Crippen MR) is 81.5 cm³/mol. The van der Waals surface area contributed by atoms with Crippen molar-refractivity contribution < 1.29 is 14.3 Å². The zero-order chi connectivity index (χ0) is 15.8. The Labute approximate surface area is 125 Å². The molecule has 2 amide bonds. The lowest BCUT2D eigenvalue weighted by molar-refractivity contribution is -0.137. The molecule has 1 heterocycles. The average Bonchev–Trinajstić information content (AvgIpc) is 2.46. The van der Waals surface area contributed by atoms with Gasteiger partial charge in [0, 0.05) is 0 Å². The van der Waals surface area contributed by atoms with Gasteiger partial charge in [-0.2, -0.15) is 0 Å². The fraction of sp³-hybridized carbons (Fsp3) is 0.500. The van der Waals surface area contributed by atoms with Crippen LogP contribution in [0.25, 0.3) is 0 Å². The van der Waals surface area contributed by atoms with Crippen LogP contribution in [0.2, 0.25) is 0 Å². The van der Waals surface area contributed by atoms with Crippen molar-refractivity contribution in [2.24, 2.45) is 0 Å². The number of ether oxygens (including phenoxy) is 1. The van der Waals surface area contributed by atoms with Crippen molar-refractivity contribution in [3.05, 3.63) is 23.8 Å². The minimum absolute atomic E-state index is 0.110. The first-order chi connectivity index (χ1) is 9.84. The lowest BCUT2D eigenvalue weighted by Gasteiger charge is -2.43. The third kappa shape index (κ3) is 2.48. The highest BCUT2D eigenvalue weighted by Crippen LogP contribution is 2.34. The van der Waals surface area contributed by atoms with Gasteiger partial charge < -0.3 is 10.1 Å². The third-order valence-electron chi connectivity index (χ3n) is 4.16. The summed E-state index contributed by atoms with van der Waals surface area (Å²) < 4.78 is 5.36. The van der Waals surface area contributed by atoms with Gasteiger partial charge in [-0.3, -0.25) is 14.5 Å². The first kappa shape index (κ1) is 15.4. The molecule has 21 heavy (non-hydrogen) atoms. The number of piperazine rings is 1. The van der Waals surface area contributed by atoms with Crippen LogP contribution in [0.5, 0.6) is 5.75 Å². The summed E-state index contributed by atoms with van der Waals surface area (Å²) in [7, 11) is 1.56. The van der Waals surface area contributed by atoms with Gasteiger partial charge in [0.25, 0.3) is 5.91 Å². The standard InChI is InChI=1S/C16H22N2O3/c1-6-16(4)15(20)18(11(3)14(19)17-16)12-9-10(2)7-8-13(12)21-5/h7-9,11H,6H2,1-5H3,(H,17,19). The van der Waals surface area contributed by atoms with E-state index in [0.29, 0.717) is 17.9 Å². The number of carbonyl (C=O) groups excluding carboxylic acids is 2. The molecule has 1 saturated heterocycles. The van der Waals surface area contributed by atoms with E-state index in [1.807, 2.05) is 32.0 Å². The van der Waals surface area contributed by atoms with Gasteiger partial charge in [-0.05, 0) is 44.9 Å². The molecule has 1 aliphatic heterocycles. The Morgan fingerprint density at radius 3 is 2.62 bits per heavy atom. The smallest absolute Gasteiger partial charge is 0.253 e. The van der Waals surface area contributed by atoms with Gasteiger partial charge in [-0.1, -0.05) is 13.0 Å². The maximum atomic E-state index is 12.9. The van der Waals surface area contributed by atoms with Gasteiger partial charge in [0.2, 0.25) is 5.91 Å². The molecule has 0 spiro atoms. The number of carbonyl (C=O) groups is 2. The van der Waals surface area contributed by atoms with E-state index in [0.717, 1.165) is 5.56 Å². The van der Waals surface area contributed by atoms with Crippen molar-refractivity contribution in [1.82, 2.24) is 5.32 Å². The van der Waals surface area contributed by atoms with Crippen LogP contribution < -0.4 is 15.0 Å². The molecule has 1 N–H and O–H groups in total. The molecule has 0 saturated carbocycles. The van der Waals surface area contributed by atoms with Gasteiger partial charge in [0.05, 0.1) is 12.8 Å². The molecule has 1 fully saturated rings. The molecule has 1 aliphatic rings. The largest absolute Gasteiger partial charge is 0.495 e. The van der Waals surface area contributed by atoms with E-state index in [1.54, 1.807) is 25.9 Å². The molecule has 1 aromatic carbocycles. The Morgan fingerprint density at radius 1 is 1.38 bits per heavy atom. The highest BCUT2D eigenvalue weighted by molar-refractivity contribution is 6.11. The second kappa shape index (κ2) is 5.39. The minimum Gasteiger partial charge on any atom is -0.495 e. The van der Waals surface area contributed by atoms with Crippen molar-refractivity contribution in [1.29, 1.82) is 0 Å². The molecule has 0 radical (unpaired) electrons. The summed E-state index contributed by atoms with van der Waals surface area (Å²) in [6, 6.07) is 5.05. The van der Waals surface area contributed by atoms with Crippen molar-refractivity contribution in [2.45, 2.75) is 45.7 Å². The maximum absolute atomic E-state index is 12.9. The normalized spacial score (nSPS) is 25.8. The van der Waals surface area contributed by atoms with E-state index in [1.165, 1.54) is 0 Å². The number of hydrogen-bond acceptors (Lipinski definition) is 3.